The summed E-state index contributed by atoms with van der Waals surface area (Å²) in [6.45, 7) is 3.90. The summed E-state index contributed by atoms with van der Waals surface area (Å²) < 4.78 is 5.38. The molecule has 1 aromatic rings. The monoisotopic (exact) mass is 254 g/mol. The van der Waals surface area contributed by atoms with E-state index in [1.807, 2.05) is 4.90 Å². The number of hydrogen-bond acceptors (Lipinski definition) is 3. The fourth-order valence-corrected chi connectivity index (χ4v) is 2.14. The van der Waals surface area contributed by atoms with Crippen LogP contribution in [0.5, 0.6) is 0 Å². The van der Waals surface area contributed by atoms with Gasteiger partial charge >= 0.3 is 0 Å². The largest absolute Gasteiger partial charge is 0.377 e. The number of ether oxygens (including phenoxy) is 1. The molecule has 1 fully saturated rings. The summed E-state index contributed by atoms with van der Waals surface area (Å²) in [7, 11) is 0. The number of morpholine rings is 1. The molecule has 0 aliphatic carbocycles. The van der Waals surface area contributed by atoms with Crippen LogP contribution in [0.1, 0.15) is 23.7 Å². The zero-order valence-corrected chi connectivity index (χ0v) is 10.5. The van der Waals surface area contributed by atoms with Crippen molar-refractivity contribution in [2.24, 2.45) is 0 Å². The highest BCUT2D eigenvalue weighted by atomic mass is 35.5. The van der Waals surface area contributed by atoms with Gasteiger partial charge in [0.05, 0.1) is 19.3 Å². The summed E-state index contributed by atoms with van der Waals surface area (Å²) in [6.07, 6.45) is 2.45. The predicted molar refractivity (Wildman–Crippen MR) is 65.2 cm³/mol. The van der Waals surface area contributed by atoms with E-state index in [2.05, 4.69) is 11.9 Å². The van der Waals surface area contributed by atoms with Crippen LogP contribution in [0.3, 0.4) is 0 Å². The molecule has 92 valence electrons. The van der Waals surface area contributed by atoms with E-state index in [1.54, 1.807) is 18.3 Å². The smallest absolute Gasteiger partial charge is 0.254 e. The number of carbonyl (C=O) groups is 1. The quantitative estimate of drug-likeness (QED) is 0.758. The third-order valence-corrected chi connectivity index (χ3v) is 3.14. The highest BCUT2D eigenvalue weighted by Gasteiger charge is 2.26. The molecule has 4 nitrogen and oxygen atoms in total. The van der Waals surface area contributed by atoms with Gasteiger partial charge in [-0.25, -0.2) is 4.98 Å². The Morgan fingerprint density at radius 2 is 2.53 bits per heavy atom. The van der Waals surface area contributed by atoms with Crippen LogP contribution in [0.25, 0.3) is 0 Å². The van der Waals surface area contributed by atoms with Crippen molar-refractivity contribution >= 4 is 17.5 Å². The van der Waals surface area contributed by atoms with E-state index in [4.69, 9.17) is 16.3 Å². The lowest BCUT2D eigenvalue weighted by Gasteiger charge is -2.35. The molecular formula is C12H15ClN2O2. The lowest BCUT2D eigenvalue weighted by molar-refractivity contribution is -0.00280. The summed E-state index contributed by atoms with van der Waals surface area (Å²) in [4.78, 5) is 18.0. The Balaban J connectivity index is 2.18. The van der Waals surface area contributed by atoms with Crippen molar-refractivity contribution in [2.45, 2.75) is 19.4 Å². The van der Waals surface area contributed by atoms with Crippen LogP contribution in [0.15, 0.2) is 18.3 Å². The molecule has 0 unspecified atom stereocenters. The lowest BCUT2D eigenvalue weighted by atomic mass is 10.1. The first kappa shape index (κ1) is 12.3. The fourth-order valence-electron chi connectivity index (χ4n) is 1.96. The van der Waals surface area contributed by atoms with Gasteiger partial charge in [-0.15, -0.1) is 0 Å². The second kappa shape index (κ2) is 5.47. The van der Waals surface area contributed by atoms with Crippen LogP contribution in [0.4, 0.5) is 0 Å². The van der Waals surface area contributed by atoms with Gasteiger partial charge in [0.15, 0.2) is 0 Å². The van der Waals surface area contributed by atoms with Gasteiger partial charge in [0.25, 0.3) is 5.91 Å². The lowest BCUT2D eigenvalue weighted by Crippen LogP contribution is -2.48. The van der Waals surface area contributed by atoms with E-state index in [-0.39, 0.29) is 11.9 Å². The molecule has 1 atom stereocenters. The first-order valence-corrected chi connectivity index (χ1v) is 6.10. The summed E-state index contributed by atoms with van der Waals surface area (Å²) in [5.41, 5.74) is 0.588. The molecule has 5 heteroatoms. The van der Waals surface area contributed by atoms with Crippen LogP contribution < -0.4 is 0 Å². The maximum Gasteiger partial charge on any atom is 0.254 e. The number of aromatic nitrogens is 1. The Morgan fingerprint density at radius 3 is 3.24 bits per heavy atom. The first-order chi connectivity index (χ1) is 8.22. The minimum Gasteiger partial charge on any atom is -0.377 e. The summed E-state index contributed by atoms with van der Waals surface area (Å²) in [6, 6.07) is 3.45. The number of nitrogens with zero attached hydrogens (tertiary/aromatic N) is 2. The standard InChI is InChI=1S/C12H15ClN2O2/c1-2-10-8-17-6-5-15(10)12(16)9-3-4-14-11(13)7-9/h3-4,7,10H,2,5-6,8H2,1H3/t10-/m0/s1. The van der Waals surface area contributed by atoms with Crippen LogP contribution in [-0.2, 0) is 4.74 Å². The van der Waals surface area contributed by atoms with E-state index < -0.39 is 0 Å². The number of rotatable bonds is 2. The van der Waals surface area contributed by atoms with E-state index in [0.29, 0.717) is 30.5 Å². The van der Waals surface area contributed by atoms with Crippen molar-refractivity contribution in [3.05, 3.63) is 29.0 Å². The molecule has 2 heterocycles. The Hall–Kier alpha value is -1.13. The van der Waals surface area contributed by atoms with Gasteiger partial charge in [-0.1, -0.05) is 18.5 Å². The fraction of sp³-hybridized carbons (Fsp3) is 0.500. The Bertz CT molecular complexity index is 411. The number of hydrogen-bond donors (Lipinski definition) is 0. The summed E-state index contributed by atoms with van der Waals surface area (Å²) in [5.74, 6) is 0.00412. The molecule has 0 radical (unpaired) electrons. The third kappa shape index (κ3) is 2.76. The molecule has 2 rings (SSSR count). The van der Waals surface area contributed by atoms with Gasteiger partial charge in [0.2, 0.25) is 0 Å². The van der Waals surface area contributed by atoms with Crippen LogP contribution >= 0.6 is 11.6 Å². The maximum atomic E-state index is 12.3. The van der Waals surface area contributed by atoms with Gasteiger partial charge in [-0.05, 0) is 18.6 Å². The zero-order valence-electron chi connectivity index (χ0n) is 9.73. The molecule has 1 amide bonds. The molecule has 0 N–H and O–H groups in total. The molecule has 0 saturated carbocycles. The van der Waals surface area contributed by atoms with Crippen LogP contribution in [0, 0.1) is 0 Å². The van der Waals surface area contributed by atoms with Crippen molar-refractivity contribution in [3.8, 4) is 0 Å². The van der Waals surface area contributed by atoms with Crippen LogP contribution in [0.2, 0.25) is 5.15 Å². The zero-order chi connectivity index (χ0) is 12.3. The number of carbonyl (C=O) groups excluding carboxylic acids is 1. The van der Waals surface area contributed by atoms with Crippen molar-refractivity contribution in [2.75, 3.05) is 19.8 Å². The Labute approximate surface area is 106 Å². The second-order valence-corrected chi connectivity index (χ2v) is 4.39. The van der Waals surface area contributed by atoms with Crippen LogP contribution in [-0.4, -0.2) is 41.6 Å². The molecular weight excluding hydrogens is 240 g/mol. The van der Waals surface area contributed by atoms with Crippen molar-refractivity contribution in [3.63, 3.8) is 0 Å². The molecule has 1 aromatic heterocycles. The van der Waals surface area contributed by atoms with E-state index >= 15 is 0 Å². The molecule has 0 bridgehead atoms. The van der Waals surface area contributed by atoms with Gasteiger partial charge in [-0.2, -0.15) is 0 Å². The third-order valence-electron chi connectivity index (χ3n) is 2.93. The van der Waals surface area contributed by atoms with Crippen molar-refractivity contribution in [1.29, 1.82) is 0 Å². The molecule has 1 aliphatic rings. The molecule has 0 aromatic carbocycles. The average Bonchev–Trinajstić information content (AvgIpc) is 2.38. The Kier molecular flexibility index (Phi) is 3.97. The molecule has 0 spiro atoms. The topological polar surface area (TPSA) is 42.4 Å². The maximum absolute atomic E-state index is 12.3. The van der Waals surface area contributed by atoms with Crippen molar-refractivity contribution in [1.82, 2.24) is 9.88 Å². The van der Waals surface area contributed by atoms with Gasteiger partial charge < -0.3 is 9.64 Å². The van der Waals surface area contributed by atoms with E-state index in [9.17, 15) is 4.79 Å². The van der Waals surface area contributed by atoms with Gasteiger partial charge in [0, 0.05) is 18.3 Å². The van der Waals surface area contributed by atoms with E-state index in [1.165, 1.54) is 0 Å². The van der Waals surface area contributed by atoms with E-state index in [0.717, 1.165) is 6.42 Å². The molecule has 1 aliphatic heterocycles. The Morgan fingerprint density at radius 1 is 1.71 bits per heavy atom. The average molecular weight is 255 g/mol. The summed E-state index contributed by atoms with van der Waals surface area (Å²) in [5, 5.41) is 0.345. The normalized spacial score (nSPS) is 20.4. The number of amides is 1. The highest BCUT2D eigenvalue weighted by Crippen LogP contribution is 2.16. The second-order valence-electron chi connectivity index (χ2n) is 4.00. The molecule has 1 saturated heterocycles. The SMILES string of the molecule is CC[C@H]1COCCN1C(=O)c1ccnc(Cl)c1. The molecule has 17 heavy (non-hydrogen) atoms. The minimum absolute atomic E-state index is 0.00412. The first-order valence-electron chi connectivity index (χ1n) is 5.72. The highest BCUT2D eigenvalue weighted by molar-refractivity contribution is 6.29. The van der Waals surface area contributed by atoms with Gasteiger partial charge in [-0.3, -0.25) is 4.79 Å². The van der Waals surface area contributed by atoms with Crippen molar-refractivity contribution < 1.29 is 9.53 Å². The number of pyridine rings is 1. The summed E-state index contributed by atoms with van der Waals surface area (Å²) >= 11 is 5.79. The van der Waals surface area contributed by atoms with Gasteiger partial charge in [0.1, 0.15) is 5.15 Å². The predicted octanol–water partition coefficient (Wildman–Crippen LogP) is 1.99. The number of halogens is 1. The minimum atomic E-state index is 0.00412.